The summed E-state index contributed by atoms with van der Waals surface area (Å²) >= 11 is 6.12. The quantitative estimate of drug-likeness (QED) is 0.703. The van der Waals surface area contributed by atoms with E-state index in [4.69, 9.17) is 25.8 Å². The van der Waals surface area contributed by atoms with Crippen molar-refractivity contribution in [1.82, 2.24) is 0 Å². The molecule has 148 valence electrons. The van der Waals surface area contributed by atoms with E-state index in [1.54, 1.807) is 30.3 Å². The fourth-order valence-electron chi connectivity index (χ4n) is 3.31. The van der Waals surface area contributed by atoms with E-state index in [1.165, 1.54) is 10.4 Å². The summed E-state index contributed by atoms with van der Waals surface area (Å²) in [5, 5.41) is 0.500. The van der Waals surface area contributed by atoms with Crippen LogP contribution in [0.3, 0.4) is 0 Å². The van der Waals surface area contributed by atoms with Gasteiger partial charge in [-0.05, 0) is 36.8 Å². The van der Waals surface area contributed by atoms with E-state index < -0.39 is 16.0 Å². The largest absolute Gasteiger partial charge is 0.467 e. The third-order valence-corrected chi connectivity index (χ3v) is 6.67. The first-order valence-corrected chi connectivity index (χ1v) is 10.7. The van der Waals surface area contributed by atoms with Crippen LogP contribution in [-0.2, 0) is 32.7 Å². The van der Waals surface area contributed by atoms with Gasteiger partial charge in [0.1, 0.15) is 12.4 Å². The zero-order valence-corrected chi connectivity index (χ0v) is 16.5. The minimum atomic E-state index is -3.31. The molecule has 7 nitrogen and oxygen atoms in total. The van der Waals surface area contributed by atoms with E-state index in [-0.39, 0.29) is 24.7 Å². The van der Waals surface area contributed by atoms with Gasteiger partial charge in [-0.3, -0.25) is 4.31 Å². The van der Waals surface area contributed by atoms with Gasteiger partial charge >= 0.3 is 5.97 Å². The Bertz CT molecular complexity index is 1020. The number of ether oxygens (including phenoxy) is 3. The monoisotopic (exact) mass is 423 g/mol. The molecule has 2 aromatic rings. The Balaban J connectivity index is 1.51. The SMILES string of the molecule is O=C(OCc1cc(Cl)cc2c1OCOC2)c1cccc(N2CCCS2(=O)=O)c1. The van der Waals surface area contributed by atoms with E-state index in [2.05, 4.69) is 0 Å². The van der Waals surface area contributed by atoms with Gasteiger partial charge in [0, 0.05) is 22.7 Å². The molecule has 0 N–H and O–H groups in total. The van der Waals surface area contributed by atoms with Crippen molar-refractivity contribution in [1.29, 1.82) is 0 Å². The topological polar surface area (TPSA) is 82.1 Å². The Morgan fingerprint density at radius 2 is 2.11 bits per heavy atom. The van der Waals surface area contributed by atoms with Gasteiger partial charge in [-0.1, -0.05) is 17.7 Å². The number of hydrogen-bond donors (Lipinski definition) is 0. The van der Waals surface area contributed by atoms with Crippen molar-refractivity contribution in [3.05, 3.63) is 58.1 Å². The Morgan fingerprint density at radius 1 is 1.25 bits per heavy atom. The Morgan fingerprint density at radius 3 is 2.89 bits per heavy atom. The molecular formula is C19H18ClNO6S. The predicted octanol–water partition coefficient (Wildman–Crippen LogP) is 3.10. The summed E-state index contributed by atoms with van der Waals surface area (Å²) in [5.74, 6) is 0.172. The van der Waals surface area contributed by atoms with Crippen molar-refractivity contribution in [3.63, 3.8) is 0 Å². The van der Waals surface area contributed by atoms with Crippen LogP contribution in [0.25, 0.3) is 0 Å². The normalized spacial score (nSPS) is 17.7. The van der Waals surface area contributed by atoms with Gasteiger partial charge in [0.05, 0.1) is 23.6 Å². The smallest absolute Gasteiger partial charge is 0.338 e. The first kappa shape index (κ1) is 19.0. The zero-order chi connectivity index (χ0) is 19.7. The van der Waals surface area contributed by atoms with Crippen molar-refractivity contribution < 1.29 is 27.4 Å². The predicted molar refractivity (Wildman–Crippen MR) is 103 cm³/mol. The van der Waals surface area contributed by atoms with Crippen LogP contribution in [0, 0.1) is 0 Å². The molecule has 28 heavy (non-hydrogen) atoms. The molecule has 0 saturated carbocycles. The second kappa shape index (κ2) is 7.62. The van der Waals surface area contributed by atoms with Crippen LogP contribution >= 0.6 is 11.6 Å². The van der Waals surface area contributed by atoms with Crippen LogP contribution in [0.2, 0.25) is 5.02 Å². The van der Waals surface area contributed by atoms with Gasteiger partial charge < -0.3 is 14.2 Å². The number of halogens is 1. The summed E-state index contributed by atoms with van der Waals surface area (Å²) in [4.78, 5) is 12.5. The van der Waals surface area contributed by atoms with Crippen LogP contribution in [0.15, 0.2) is 36.4 Å². The maximum absolute atomic E-state index is 12.5. The molecule has 0 bridgehead atoms. The third kappa shape index (κ3) is 3.80. The number of esters is 1. The molecule has 0 radical (unpaired) electrons. The molecule has 2 aromatic carbocycles. The molecule has 9 heteroatoms. The van der Waals surface area contributed by atoms with Gasteiger partial charge in [-0.15, -0.1) is 0 Å². The average molecular weight is 424 g/mol. The fourth-order valence-corrected chi connectivity index (χ4v) is 5.13. The van der Waals surface area contributed by atoms with Crippen LogP contribution < -0.4 is 9.04 Å². The lowest BCUT2D eigenvalue weighted by Crippen LogP contribution is -2.25. The van der Waals surface area contributed by atoms with Crippen molar-refractivity contribution in [3.8, 4) is 5.75 Å². The number of fused-ring (bicyclic) bond motifs is 1. The number of carbonyl (C=O) groups is 1. The maximum Gasteiger partial charge on any atom is 0.338 e. The van der Waals surface area contributed by atoms with Crippen molar-refractivity contribution in [2.24, 2.45) is 0 Å². The molecule has 2 aliphatic heterocycles. The van der Waals surface area contributed by atoms with Gasteiger partial charge in [-0.25, -0.2) is 13.2 Å². The summed E-state index contributed by atoms with van der Waals surface area (Å²) in [5.41, 5.74) is 2.19. The molecule has 2 aliphatic rings. The molecule has 0 aliphatic carbocycles. The second-order valence-corrected chi connectivity index (χ2v) is 8.98. The Hall–Kier alpha value is -2.29. The molecule has 1 saturated heterocycles. The number of anilines is 1. The standard InChI is InChI=1S/C19H18ClNO6S/c20-16-7-14-10-25-12-27-18(14)15(8-16)11-26-19(22)13-3-1-4-17(9-13)21-5-2-6-28(21,23)24/h1,3-4,7-9H,2,5-6,10-12H2. The molecule has 0 aromatic heterocycles. The zero-order valence-electron chi connectivity index (χ0n) is 14.9. The number of nitrogens with zero attached hydrogens (tertiary/aromatic N) is 1. The Kier molecular flexibility index (Phi) is 5.18. The number of benzene rings is 2. The maximum atomic E-state index is 12.5. The Labute approximate surface area is 167 Å². The molecular weight excluding hydrogens is 406 g/mol. The van der Waals surface area contributed by atoms with E-state index in [0.29, 0.717) is 41.6 Å². The molecule has 0 spiro atoms. The molecule has 0 unspecified atom stereocenters. The first-order chi connectivity index (χ1) is 13.4. The highest BCUT2D eigenvalue weighted by molar-refractivity contribution is 7.93. The van der Waals surface area contributed by atoms with Gasteiger partial charge in [-0.2, -0.15) is 0 Å². The van der Waals surface area contributed by atoms with E-state index in [0.717, 1.165) is 5.56 Å². The first-order valence-electron chi connectivity index (χ1n) is 8.73. The summed E-state index contributed by atoms with van der Waals surface area (Å²) in [7, 11) is -3.31. The van der Waals surface area contributed by atoms with Gasteiger partial charge in [0.2, 0.25) is 10.0 Å². The number of carbonyl (C=O) groups excluding carboxylic acids is 1. The molecule has 2 heterocycles. The number of sulfonamides is 1. The van der Waals surface area contributed by atoms with Crippen LogP contribution in [0.1, 0.15) is 27.9 Å². The van der Waals surface area contributed by atoms with Crippen molar-refractivity contribution >= 4 is 33.3 Å². The number of rotatable bonds is 4. The van der Waals surface area contributed by atoms with E-state index in [9.17, 15) is 13.2 Å². The highest BCUT2D eigenvalue weighted by Crippen LogP contribution is 2.32. The highest BCUT2D eigenvalue weighted by atomic mass is 35.5. The summed E-state index contributed by atoms with van der Waals surface area (Å²) in [6.45, 7) is 0.897. The molecule has 0 amide bonds. The van der Waals surface area contributed by atoms with Crippen LogP contribution in [-0.4, -0.2) is 33.5 Å². The fraction of sp³-hybridized carbons (Fsp3) is 0.316. The molecule has 0 atom stereocenters. The average Bonchev–Trinajstić information content (AvgIpc) is 3.05. The second-order valence-electron chi connectivity index (χ2n) is 6.53. The lowest BCUT2D eigenvalue weighted by Gasteiger charge is -2.21. The van der Waals surface area contributed by atoms with Crippen LogP contribution in [0.5, 0.6) is 5.75 Å². The van der Waals surface area contributed by atoms with Gasteiger partial charge in [0.25, 0.3) is 0 Å². The minimum absolute atomic E-state index is 0.0199. The highest BCUT2D eigenvalue weighted by Gasteiger charge is 2.29. The third-order valence-electron chi connectivity index (χ3n) is 4.58. The minimum Gasteiger partial charge on any atom is -0.467 e. The summed E-state index contributed by atoms with van der Waals surface area (Å²) in [6, 6.07) is 9.87. The van der Waals surface area contributed by atoms with Gasteiger partial charge in [0.15, 0.2) is 6.79 Å². The van der Waals surface area contributed by atoms with Crippen LogP contribution in [0.4, 0.5) is 5.69 Å². The lowest BCUT2D eigenvalue weighted by molar-refractivity contribution is -0.0180. The summed E-state index contributed by atoms with van der Waals surface area (Å²) in [6.07, 6.45) is 0.570. The lowest BCUT2D eigenvalue weighted by atomic mass is 10.1. The van der Waals surface area contributed by atoms with E-state index in [1.807, 2.05) is 0 Å². The molecule has 1 fully saturated rings. The molecule has 4 rings (SSSR count). The number of hydrogen-bond acceptors (Lipinski definition) is 6. The summed E-state index contributed by atoms with van der Waals surface area (Å²) < 4.78 is 41.7. The van der Waals surface area contributed by atoms with E-state index >= 15 is 0 Å². The van der Waals surface area contributed by atoms with Crippen molar-refractivity contribution in [2.45, 2.75) is 19.6 Å². The van der Waals surface area contributed by atoms with Crippen molar-refractivity contribution in [2.75, 3.05) is 23.4 Å².